The predicted molar refractivity (Wildman–Crippen MR) is 355 cm³/mol. The van der Waals surface area contributed by atoms with E-state index in [0.29, 0.717) is 79.8 Å². The van der Waals surface area contributed by atoms with Gasteiger partial charge in [-0.1, -0.05) is 91.1 Å². The second-order valence-corrected chi connectivity index (χ2v) is 27.5. The van der Waals surface area contributed by atoms with E-state index in [1.165, 1.54) is 24.3 Å². The molecule has 89 heavy (non-hydrogen) atoms. The molecule has 5 unspecified atom stereocenters. The van der Waals surface area contributed by atoms with Crippen molar-refractivity contribution in [2.45, 2.75) is 239 Å². The van der Waals surface area contributed by atoms with Gasteiger partial charge in [0.25, 0.3) is 0 Å². The number of alkyl halides is 6. The Morgan fingerprint density at radius 3 is 2.09 bits per heavy atom. The summed E-state index contributed by atoms with van der Waals surface area (Å²) in [4.78, 5) is 14.2. The number of hydrogen-bond donors (Lipinski definition) is 6. The fourth-order valence-electron chi connectivity index (χ4n) is 13.7. The molecule has 502 valence electrons. The summed E-state index contributed by atoms with van der Waals surface area (Å²) in [6, 6.07) is 11.8. The van der Waals surface area contributed by atoms with E-state index in [4.69, 9.17) is 21.3 Å². The highest BCUT2D eigenvalue weighted by molar-refractivity contribution is 6.31. The number of hydrogen-bond acceptors (Lipinski definition) is 12. The van der Waals surface area contributed by atoms with Crippen LogP contribution in [0.3, 0.4) is 0 Å². The number of halogens is 7. The maximum Gasteiger partial charge on any atom is 0.417 e. The molecule has 3 heterocycles. The van der Waals surface area contributed by atoms with Crippen LogP contribution in [0.4, 0.5) is 26.3 Å². The third-order valence-electron chi connectivity index (χ3n) is 20.0. The van der Waals surface area contributed by atoms with E-state index in [1.807, 2.05) is 44.4 Å². The minimum atomic E-state index is -4.57. The number of benzene rings is 2. The highest BCUT2D eigenvalue weighted by Gasteiger charge is 2.50. The summed E-state index contributed by atoms with van der Waals surface area (Å²) in [5.74, 6) is 1.99. The van der Waals surface area contributed by atoms with Gasteiger partial charge in [0.05, 0.1) is 16.1 Å². The number of aryl methyl sites for hydroxylation is 1. The van der Waals surface area contributed by atoms with Gasteiger partial charge in [0.15, 0.2) is 6.23 Å². The average molecular weight is 1270 g/mol. The van der Waals surface area contributed by atoms with Crippen LogP contribution in [-0.2, 0) is 29.9 Å². The molecule has 0 radical (unpaired) electrons. The molecule has 19 heteroatoms. The molecule has 6 N–H and O–H groups in total. The van der Waals surface area contributed by atoms with Crippen LogP contribution in [-0.4, -0.2) is 145 Å². The Labute approximate surface area is 537 Å². The first kappa shape index (κ1) is 73.9. The average Bonchev–Trinajstić information content (AvgIpc) is 1.18. The van der Waals surface area contributed by atoms with E-state index in [-0.39, 0.29) is 46.8 Å². The van der Waals surface area contributed by atoms with E-state index in [2.05, 4.69) is 136 Å². The van der Waals surface area contributed by atoms with E-state index in [1.54, 1.807) is 24.5 Å². The van der Waals surface area contributed by atoms with Gasteiger partial charge in [-0.15, -0.1) is 0 Å². The van der Waals surface area contributed by atoms with Crippen molar-refractivity contribution >= 4 is 17.8 Å². The highest BCUT2D eigenvalue weighted by Crippen LogP contribution is 2.41. The molecule has 1 spiro atoms. The van der Waals surface area contributed by atoms with Crippen LogP contribution in [0.15, 0.2) is 95.4 Å². The summed E-state index contributed by atoms with van der Waals surface area (Å²) in [6.45, 7) is 34.7. The van der Waals surface area contributed by atoms with E-state index >= 15 is 0 Å². The number of ether oxygens (including phenoxy) is 1. The van der Waals surface area contributed by atoms with Crippen LogP contribution < -0.4 is 31.9 Å². The Kier molecular flexibility index (Phi) is 28.4. The monoisotopic (exact) mass is 1270 g/mol. The topological polar surface area (TPSA) is 107 Å². The minimum absolute atomic E-state index is 0.0583. The van der Waals surface area contributed by atoms with E-state index < -0.39 is 29.7 Å². The Morgan fingerprint density at radius 2 is 1.47 bits per heavy atom. The lowest BCUT2D eigenvalue weighted by Crippen LogP contribution is -2.74. The van der Waals surface area contributed by atoms with Crippen molar-refractivity contribution in [2.24, 2.45) is 28.7 Å². The molecular formula is C70H112ClF6N11O. The second-order valence-electron chi connectivity index (χ2n) is 27.1. The Hall–Kier alpha value is -4.14. The maximum atomic E-state index is 13.8. The SMILES string of the molecule is CCO[C@@H]1CNCC2(CCC2)NC(C)[C@H]([C@@H](C)CC)N2C(C)[C@@H](C)C2CNC(C)[C@H](CC(C)C)NC[C@H]([C@@H](C)CC)NC(C)[C@H](C)N2CCCC2=CN(C)C(Cc2ccc(C(F)(F)F)cc2)=CN(C)C=CNC(CCc2ccc(C(F)(F)F)c(Cl)c2)=CC=N1. The first-order chi connectivity index (χ1) is 42.1. The molecule has 2 saturated heterocycles. The van der Waals surface area contributed by atoms with Crippen molar-refractivity contribution in [3.05, 3.63) is 118 Å². The van der Waals surface area contributed by atoms with Crippen LogP contribution in [0.25, 0.3) is 0 Å². The number of rotatable bonds is 13. The molecule has 1 aliphatic carbocycles. The molecule has 6 rings (SSSR count). The highest BCUT2D eigenvalue weighted by atomic mass is 35.5. The summed E-state index contributed by atoms with van der Waals surface area (Å²) in [7, 11) is 3.90. The second kappa shape index (κ2) is 34.1. The van der Waals surface area contributed by atoms with Gasteiger partial charge in [0.2, 0.25) is 0 Å². The van der Waals surface area contributed by atoms with E-state index in [9.17, 15) is 26.3 Å². The van der Waals surface area contributed by atoms with Crippen LogP contribution in [0, 0.1) is 23.7 Å². The Bertz CT molecular complexity index is 2620. The molecule has 0 aromatic heterocycles. The van der Waals surface area contributed by atoms with Gasteiger partial charge in [-0.3, -0.25) is 9.89 Å². The minimum Gasteiger partial charge on any atom is -0.369 e. The van der Waals surface area contributed by atoms with Gasteiger partial charge < -0.3 is 51.3 Å². The zero-order valence-corrected chi connectivity index (χ0v) is 57.2. The summed E-state index contributed by atoms with van der Waals surface area (Å²) < 4.78 is 88.6. The number of nitrogens with one attached hydrogen (secondary N) is 6. The Balaban J connectivity index is 1.36. The first-order valence-corrected chi connectivity index (χ1v) is 33.9. The third kappa shape index (κ3) is 21.2. The largest absolute Gasteiger partial charge is 0.417 e. The van der Waals surface area contributed by atoms with Crippen LogP contribution in [0.5, 0.6) is 0 Å². The normalized spacial score (nSPS) is 29.0. The smallest absolute Gasteiger partial charge is 0.369 e. The van der Waals surface area contributed by atoms with Gasteiger partial charge >= 0.3 is 12.4 Å². The van der Waals surface area contributed by atoms with Crippen molar-refractivity contribution in [1.82, 2.24) is 51.5 Å². The van der Waals surface area contributed by atoms with Crippen molar-refractivity contribution in [2.75, 3.05) is 53.4 Å². The van der Waals surface area contributed by atoms with Gasteiger partial charge in [0, 0.05) is 168 Å². The number of nitrogens with zero attached hydrogens (tertiary/aromatic N) is 5. The summed E-state index contributed by atoms with van der Waals surface area (Å²) in [5, 5.41) is 23.5. The molecule has 2 aromatic carbocycles. The molecule has 0 bridgehead atoms. The van der Waals surface area contributed by atoms with Gasteiger partial charge in [-0.05, 0) is 158 Å². The molecule has 3 aliphatic heterocycles. The number of fused-ring (bicyclic) bond motifs is 2. The van der Waals surface area contributed by atoms with Crippen LogP contribution >= 0.6 is 11.6 Å². The summed E-state index contributed by atoms with van der Waals surface area (Å²) in [5.41, 5.74) is 2.53. The van der Waals surface area contributed by atoms with Crippen molar-refractivity contribution in [3.63, 3.8) is 0 Å². The molecule has 12 nitrogen and oxygen atoms in total. The molecule has 13 atom stereocenters. The summed E-state index contributed by atoms with van der Waals surface area (Å²) in [6.07, 6.45) is 11.5. The lowest BCUT2D eigenvalue weighted by Gasteiger charge is -2.60. The molecule has 3 fully saturated rings. The third-order valence-corrected chi connectivity index (χ3v) is 20.3. The standard InChI is InChI=1S/C70H112ClF6N11O/c1-16-47(6)64-40-82-63(37-46(4)5)51(10)81-41-65-49(8)53(12)88(65)67(48(7)17-2)52(11)84-68(31-20-32-68)45-78-42-66(89-18-3)80-33-30-58(28-24-56-25-29-61(62(71)39-56)70(75,76)77)79-34-36-85(14)43-60(38-55-22-26-57(27-23-55)69(72,73)74)86(15)44-59-21-19-35-87(59)54(13)50(9)83-64/h22-23,25-27,29-30,33-34,36,39,43-44,46-54,63-67,78-79,81-84H,16-21,24,28,31-32,35,37-38,40-42,45H2,1-15H3/t47-,48-,49+,50?,51?,52?,53?,54-,63-,64+,65?,66+,67-/m0/s1. The number of likely N-dealkylation sites (N-methyl/N-ethyl adjacent to an activating group) is 1. The lowest BCUT2D eigenvalue weighted by molar-refractivity contribution is -0.138. The number of allylic oxidation sites excluding steroid dienone is 4. The fraction of sp³-hybridized carbons (Fsp3) is 0.700. The van der Waals surface area contributed by atoms with Crippen LogP contribution in [0.2, 0.25) is 5.02 Å². The summed E-state index contributed by atoms with van der Waals surface area (Å²) >= 11 is 6.18. The molecule has 1 saturated carbocycles. The van der Waals surface area contributed by atoms with Crippen molar-refractivity contribution < 1.29 is 31.1 Å². The zero-order valence-electron chi connectivity index (χ0n) is 56.4. The van der Waals surface area contributed by atoms with Gasteiger partial charge in [-0.25, -0.2) is 0 Å². The van der Waals surface area contributed by atoms with Crippen molar-refractivity contribution in [1.29, 1.82) is 0 Å². The van der Waals surface area contributed by atoms with E-state index in [0.717, 1.165) is 106 Å². The van der Waals surface area contributed by atoms with Crippen LogP contribution in [0.1, 0.15) is 170 Å². The molecule has 0 amide bonds. The van der Waals surface area contributed by atoms with Gasteiger partial charge in [-0.2, -0.15) is 26.3 Å². The first-order valence-electron chi connectivity index (χ1n) is 33.5. The predicted octanol–water partition coefficient (Wildman–Crippen LogP) is 14.0. The van der Waals surface area contributed by atoms with Crippen molar-refractivity contribution in [3.8, 4) is 0 Å². The Morgan fingerprint density at radius 1 is 0.775 bits per heavy atom. The quantitative estimate of drug-likeness (QED) is 0.108. The zero-order chi connectivity index (χ0) is 65.4. The molecule has 2 aromatic rings. The lowest BCUT2D eigenvalue weighted by atomic mass is 9.73. The fourth-order valence-corrected chi connectivity index (χ4v) is 14.0. The molecular weight excluding hydrogens is 1160 g/mol. The maximum absolute atomic E-state index is 13.8. The number of aliphatic imine (C=N–C) groups is 1. The van der Waals surface area contributed by atoms with Gasteiger partial charge in [0.1, 0.15) is 0 Å². The molecule has 4 aliphatic rings.